The van der Waals surface area contributed by atoms with E-state index in [1.165, 1.54) is 6.42 Å². The largest absolute Gasteiger partial charge is 0.453 e. The maximum Gasteiger partial charge on any atom is 0.333 e. The molecule has 1 N–H and O–H groups in total. The summed E-state index contributed by atoms with van der Waals surface area (Å²) >= 11 is 0. The first-order valence-corrected chi connectivity index (χ1v) is 7.22. The van der Waals surface area contributed by atoms with Crippen LogP contribution in [0.25, 0.3) is 0 Å². The number of rotatable bonds is 4. The Labute approximate surface area is 114 Å². The minimum atomic E-state index is -0.502. The van der Waals surface area contributed by atoms with Gasteiger partial charge in [-0.2, -0.15) is 0 Å². The lowest BCUT2D eigenvalue weighted by Crippen LogP contribution is -2.48. The molecule has 0 spiro atoms. The molecule has 2 unspecified atom stereocenters. The molecule has 1 heterocycles. The Bertz CT molecular complexity index is 344. The SMILES string of the molecule is C=C(C)C(=O)OC1(C2CCC(CO)O2)CCCCC1. The predicted octanol–water partition coefficient (Wildman–Crippen LogP) is 2.35. The lowest BCUT2D eigenvalue weighted by atomic mass is 9.79. The number of aliphatic hydroxyl groups excluding tert-OH is 1. The van der Waals surface area contributed by atoms with E-state index in [-0.39, 0.29) is 24.8 Å². The van der Waals surface area contributed by atoms with Crippen LogP contribution in [0.2, 0.25) is 0 Å². The average Bonchev–Trinajstić information content (AvgIpc) is 2.89. The normalized spacial score (nSPS) is 30.0. The highest BCUT2D eigenvalue weighted by atomic mass is 16.6. The first-order chi connectivity index (χ1) is 9.07. The first-order valence-electron chi connectivity index (χ1n) is 7.22. The van der Waals surface area contributed by atoms with Gasteiger partial charge in [-0.1, -0.05) is 13.0 Å². The average molecular weight is 268 g/mol. The van der Waals surface area contributed by atoms with Crippen LogP contribution < -0.4 is 0 Å². The van der Waals surface area contributed by atoms with Crippen molar-refractivity contribution in [2.45, 2.75) is 69.7 Å². The van der Waals surface area contributed by atoms with Crippen molar-refractivity contribution in [2.24, 2.45) is 0 Å². The van der Waals surface area contributed by atoms with Gasteiger partial charge in [0, 0.05) is 5.57 Å². The van der Waals surface area contributed by atoms with Crippen LogP contribution in [0.15, 0.2) is 12.2 Å². The Balaban J connectivity index is 2.10. The van der Waals surface area contributed by atoms with Crippen LogP contribution in [0.4, 0.5) is 0 Å². The Morgan fingerprint density at radius 1 is 1.37 bits per heavy atom. The second-order valence-electron chi connectivity index (χ2n) is 5.80. The number of esters is 1. The number of hydrogen-bond donors (Lipinski definition) is 1. The summed E-state index contributed by atoms with van der Waals surface area (Å²) in [6, 6.07) is 0. The molecular formula is C15H24O4. The fourth-order valence-electron chi connectivity index (χ4n) is 3.14. The molecule has 1 aliphatic heterocycles. The van der Waals surface area contributed by atoms with Crippen LogP contribution in [-0.4, -0.2) is 35.5 Å². The number of carbonyl (C=O) groups is 1. The fraction of sp³-hybridized carbons (Fsp3) is 0.800. The van der Waals surface area contributed by atoms with E-state index < -0.39 is 5.60 Å². The van der Waals surface area contributed by atoms with Crippen LogP contribution >= 0.6 is 0 Å². The van der Waals surface area contributed by atoms with E-state index >= 15 is 0 Å². The van der Waals surface area contributed by atoms with E-state index in [1.807, 2.05) is 0 Å². The molecule has 0 aromatic heterocycles. The Hall–Kier alpha value is -0.870. The Morgan fingerprint density at radius 3 is 2.58 bits per heavy atom. The van der Waals surface area contributed by atoms with Gasteiger partial charge in [0.05, 0.1) is 18.8 Å². The summed E-state index contributed by atoms with van der Waals surface area (Å²) in [5, 5.41) is 9.19. The second kappa shape index (κ2) is 6.06. The summed E-state index contributed by atoms with van der Waals surface area (Å²) < 4.78 is 11.6. The predicted molar refractivity (Wildman–Crippen MR) is 71.7 cm³/mol. The molecule has 0 aromatic carbocycles. The van der Waals surface area contributed by atoms with Gasteiger partial charge in [0.25, 0.3) is 0 Å². The zero-order chi connectivity index (χ0) is 13.9. The number of ether oxygens (including phenoxy) is 2. The van der Waals surface area contributed by atoms with Crippen molar-refractivity contribution in [3.63, 3.8) is 0 Å². The summed E-state index contributed by atoms with van der Waals surface area (Å²) in [4.78, 5) is 11.9. The quantitative estimate of drug-likeness (QED) is 0.628. The third-order valence-electron chi connectivity index (χ3n) is 4.24. The van der Waals surface area contributed by atoms with Gasteiger partial charge in [-0.05, 0) is 45.4 Å². The Morgan fingerprint density at radius 2 is 2.05 bits per heavy atom. The van der Waals surface area contributed by atoms with E-state index in [4.69, 9.17) is 9.47 Å². The monoisotopic (exact) mass is 268 g/mol. The first kappa shape index (κ1) is 14.5. The summed E-state index contributed by atoms with van der Waals surface area (Å²) in [6.07, 6.45) is 6.54. The molecule has 108 valence electrons. The summed E-state index contributed by atoms with van der Waals surface area (Å²) in [7, 11) is 0. The molecule has 0 radical (unpaired) electrons. The smallest absolute Gasteiger partial charge is 0.333 e. The molecule has 0 amide bonds. The molecule has 1 aliphatic carbocycles. The van der Waals surface area contributed by atoms with Crippen LogP contribution in [-0.2, 0) is 14.3 Å². The van der Waals surface area contributed by atoms with Gasteiger partial charge in [0.15, 0.2) is 0 Å². The zero-order valence-corrected chi connectivity index (χ0v) is 11.7. The van der Waals surface area contributed by atoms with E-state index in [0.29, 0.717) is 5.57 Å². The van der Waals surface area contributed by atoms with E-state index in [9.17, 15) is 9.90 Å². The molecule has 2 fully saturated rings. The summed E-state index contributed by atoms with van der Waals surface area (Å²) in [5.74, 6) is -0.321. The highest BCUT2D eigenvalue weighted by molar-refractivity contribution is 5.87. The summed E-state index contributed by atoms with van der Waals surface area (Å²) in [5.41, 5.74) is -0.0697. The van der Waals surface area contributed by atoms with Gasteiger partial charge < -0.3 is 14.6 Å². The lowest BCUT2D eigenvalue weighted by Gasteiger charge is -2.41. The van der Waals surface area contributed by atoms with Gasteiger partial charge in [-0.3, -0.25) is 0 Å². The molecule has 1 saturated heterocycles. The highest BCUT2D eigenvalue weighted by Gasteiger charge is 2.47. The van der Waals surface area contributed by atoms with E-state index in [0.717, 1.165) is 38.5 Å². The third-order valence-corrected chi connectivity index (χ3v) is 4.24. The lowest BCUT2D eigenvalue weighted by molar-refractivity contribution is -0.181. The van der Waals surface area contributed by atoms with Crippen molar-refractivity contribution in [3.8, 4) is 0 Å². The number of hydrogen-bond acceptors (Lipinski definition) is 4. The molecular weight excluding hydrogens is 244 g/mol. The topological polar surface area (TPSA) is 55.8 Å². The van der Waals surface area contributed by atoms with Gasteiger partial charge in [-0.25, -0.2) is 4.79 Å². The van der Waals surface area contributed by atoms with Crippen LogP contribution in [0.1, 0.15) is 51.9 Å². The summed E-state index contributed by atoms with van der Waals surface area (Å²) in [6.45, 7) is 5.37. The van der Waals surface area contributed by atoms with Gasteiger partial charge in [0.1, 0.15) is 5.60 Å². The van der Waals surface area contributed by atoms with Gasteiger partial charge >= 0.3 is 5.97 Å². The molecule has 19 heavy (non-hydrogen) atoms. The second-order valence-corrected chi connectivity index (χ2v) is 5.80. The van der Waals surface area contributed by atoms with Crippen molar-refractivity contribution in [1.82, 2.24) is 0 Å². The molecule has 0 bridgehead atoms. The fourth-order valence-corrected chi connectivity index (χ4v) is 3.14. The van der Waals surface area contributed by atoms with Crippen molar-refractivity contribution >= 4 is 5.97 Å². The maximum absolute atomic E-state index is 11.9. The number of aliphatic hydroxyl groups is 1. The van der Waals surface area contributed by atoms with E-state index in [2.05, 4.69) is 6.58 Å². The molecule has 2 atom stereocenters. The van der Waals surface area contributed by atoms with E-state index in [1.54, 1.807) is 6.92 Å². The zero-order valence-electron chi connectivity index (χ0n) is 11.7. The van der Waals surface area contributed by atoms with Crippen LogP contribution in [0.5, 0.6) is 0 Å². The van der Waals surface area contributed by atoms with Crippen molar-refractivity contribution in [1.29, 1.82) is 0 Å². The minimum Gasteiger partial charge on any atom is -0.453 e. The standard InChI is InChI=1S/C15H24O4/c1-11(2)14(17)19-15(8-4-3-5-9-15)13-7-6-12(10-16)18-13/h12-13,16H,1,3-10H2,2H3. The van der Waals surface area contributed by atoms with Crippen LogP contribution in [0, 0.1) is 0 Å². The molecule has 2 aliphatic rings. The molecule has 4 heteroatoms. The molecule has 1 saturated carbocycles. The molecule has 0 aromatic rings. The minimum absolute atomic E-state index is 0.0427. The van der Waals surface area contributed by atoms with Crippen LogP contribution in [0.3, 0.4) is 0 Å². The Kier molecular flexibility index (Phi) is 4.63. The molecule has 2 rings (SSSR count). The van der Waals surface area contributed by atoms with Crippen molar-refractivity contribution in [2.75, 3.05) is 6.61 Å². The third kappa shape index (κ3) is 3.18. The maximum atomic E-state index is 11.9. The van der Waals surface area contributed by atoms with Crippen molar-refractivity contribution in [3.05, 3.63) is 12.2 Å². The highest BCUT2D eigenvalue weighted by Crippen LogP contribution is 2.41. The molecule has 4 nitrogen and oxygen atoms in total. The van der Waals surface area contributed by atoms with Gasteiger partial charge in [-0.15, -0.1) is 0 Å². The number of carbonyl (C=O) groups excluding carboxylic acids is 1. The van der Waals surface area contributed by atoms with Gasteiger partial charge in [0.2, 0.25) is 0 Å². The van der Waals surface area contributed by atoms with Crippen molar-refractivity contribution < 1.29 is 19.4 Å².